The van der Waals surface area contributed by atoms with Gasteiger partial charge in [-0.1, -0.05) is 12.1 Å². The van der Waals surface area contributed by atoms with E-state index in [0.717, 1.165) is 5.39 Å². The van der Waals surface area contributed by atoms with E-state index in [4.69, 9.17) is 4.74 Å². The van der Waals surface area contributed by atoms with Gasteiger partial charge < -0.3 is 4.74 Å². The number of aromatic nitrogens is 2. The number of hydrogen-bond donors (Lipinski definition) is 2. The molecular formula is C16H15N3O4S. The summed E-state index contributed by atoms with van der Waals surface area (Å²) in [7, 11) is -3.79. The third-order valence-corrected chi connectivity index (χ3v) is 4.78. The third kappa shape index (κ3) is 3.09. The predicted molar refractivity (Wildman–Crippen MR) is 89.3 cm³/mol. The molecule has 3 rings (SSSR count). The monoisotopic (exact) mass is 345 g/mol. The van der Waals surface area contributed by atoms with Crippen LogP contribution in [0.5, 0.6) is 0 Å². The van der Waals surface area contributed by atoms with E-state index in [1.165, 1.54) is 24.3 Å². The maximum absolute atomic E-state index is 12.5. The Bertz CT molecular complexity index is 978. The topological polar surface area (TPSA) is 101 Å². The Morgan fingerprint density at radius 3 is 2.67 bits per heavy atom. The minimum absolute atomic E-state index is 0.0482. The van der Waals surface area contributed by atoms with Crippen molar-refractivity contribution in [2.75, 3.05) is 11.3 Å². The quantitative estimate of drug-likeness (QED) is 0.692. The Hall–Kier alpha value is -2.87. The van der Waals surface area contributed by atoms with Gasteiger partial charge in [-0.2, -0.15) is 5.10 Å². The normalized spacial score (nSPS) is 11.4. The van der Waals surface area contributed by atoms with E-state index in [1.54, 1.807) is 25.3 Å². The molecule has 0 amide bonds. The molecule has 2 aromatic carbocycles. The van der Waals surface area contributed by atoms with E-state index in [1.807, 2.05) is 6.07 Å². The molecule has 0 saturated heterocycles. The number of H-pyrrole nitrogens is 1. The van der Waals surface area contributed by atoms with Crippen LogP contribution < -0.4 is 4.72 Å². The van der Waals surface area contributed by atoms with E-state index < -0.39 is 16.0 Å². The van der Waals surface area contributed by atoms with Crippen LogP contribution in [-0.2, 0) is 14.8 Å². The summed E-state index contributed by atoms with van der Waals surface area (Å²) in [4.78, 5) is 11.7. The fraction of sp³-hybridized carbons (Fsp3) is 0.125. The number of nitrogens with zero attached hydrogens (tertiary/aromatic N) is 1. The molecule has 124 valence electrons. The zero-order valence-corrected chi connectivity index (χ0v) is 13.6. The number of ether oxygens (including phenoxy) is 1. The zero-order valence-electron chi connectivity index (χ0n) is 12.8. The van der Waals surface area contributed by atoms with Crippen LogP contribution in [0.2, 0.25) is 0 Å². The number of benzene rings is 2. The predicted octanol–water partition coefficient (Wildman–Crippen LogP) is 2.54. The first-order chi connectivity index (χ1) is 11.5. The van der Waals surface area contributed by atoms with Crippen LogP contribution in [0.1, 0.15) is 17.3 Å². The van der Waals surface area contributed by atoms with Crippen LogP contribution in [0.15, 0.2) is 53.6 Å². The molecular weight excluding hydrogens is 330 g/mol. The maximum Gasteiger partial charge on any atom is 0.338 e. The van der Waals surface area contributed by atoms with Crippen molar-refractivity contribution < 1.29 is 17.9 Å². The summed E-state index contributed by atoms with van der Waals surface area (Å²) in [6, 6.07) is 10.8. The molecule has 0 bridgehead atoms. The summed E-state index contributed by atoms with van der Waals surface area (Å²) in [5.41, 5.74) is 1.30. The van der Waals surface area contributed by atoms with Gasteiger partial charge in [0.25, 0.3) is 10.0 Å². The van der Waals surface area contributed by atoms with Crippen molar-refractivity contribution in [2.24, 2.45) is 0 Å². The molecule has 8 heteroatoms. The van der Waals surface area contributed by atoms with E-state index in [2.05, 4.69) is 14.9 Å². The lowest BCUT2D eigenvalue weighted by Gasteiger charge is -2.09. The molecule has 24 heavy (non-hydrogen) atoms. The van der Waals surface area contributed by atoms with Gasteiger partial charge >= 0.3 is 5.97 Å². The van der Waals surface area contributed by atoms with E-state index >= 15 is 0 Å². The summed E-state index contributed by atoms with van der Waals surface area (Å²) in [6.07, 6.45) is 1.61. The Morgan fingerprint density at radius 1 is 1.21 bits per heavy atom. The first-order valence-corrected chi connectivity index (χ1v) is 8.71. The van der Waals surface area contributed by atoms with Crippen molar-refractivity contribution >= 4 is 32.6 Å². The van der Waals surface area contributed by atoms with Crippen molar-refractivity contribution in [3.05, 3.63) is 54.2 Å². The zero-order chi connectivity index (χ0) is 17.2. The molecule has 0 spiro atoms. The molecule has 0 fully saturated rings. The Balaban J connectivity index is 1.88. The summed E-state index contributed by atoms with van der Waals surface area (Å²) in [5, 5.41) is 7.46. The molecule has 0 aliphatic carbocycles. The fourth-order valence-corrected chi connectivity index (χ4v) is 3.31. The lowest BCUT2D eigenvalue weighted by Crippen LogP contribution is -2.13. The summed E-state index contributed by atoms with van der Waals surface area (Å²) in [5.74, 6) is -0.489. The van der Waals surface area contributed by atoms with Crippen molar-refractivity contribution in [2.45, 2.75) is 11.8 Å². The lowest BCUT2D eigenvalue weighted by molar-refractivity contribution is 0.0526. The number of fused-ring (bicyclic) bond motifs is 1. The molecule has 0 saturated carbocycles. The molecule has 1 heterocycles. The van der Waals surface area contributed by atoms with Gasteiger partial charge in [0.1, 0.15) is 0 Å². The first-order valence-electron chi connectivity index (χ1n) is 7.23. The average Bonchev–Trinajstić information content (AvgIpc) is 3.05. The second-order valence-corrected chi connectivity index (χ2v) is 6.67. The largest absolute Gasteiger partial charge is 0.462 e. The number of sulfonamides is 1. The van der Waals surface area contributed by atoms with Gasteiger partial charge in [0.05, 0.1) is 34.5 Å². The minimum Gasteiger partial charge on any atom is -0.462 e. The lowest BCUT2D eigenvalue weighted by atomic mass is 10.2. The van der Waals surface area contributed by atoms with Crippen molar-refractivity contribution in [3.63, 3.8) is 0 Å². The van der Waals surface area contributed by atoms with Crippen LogP contribution in [0.3, 0.4) is 0 Å². The van der Waals surface area contributed by atoms with Gasteiger partial charge in [0.15, 0.2) is 0 Å². The van der Waals surface area contributed by atoms with E-state index in [-0.39, 0.29) is 11.5 Å². The highest BCUT2D eigenvalue weighted by Crippen LogP contribution is 2.23. The number of anilines is 1. The fourth-order valence-electron chi connectivity index (χ4n) is 2.24. The van der Waals surface area contributed by atoms with Crippen molar-refractivity contribution in [1.82, 2.24) is 10.2 Å². The summed E-state index contributed by atoms with van der Waals surface area (Å²) < 4.78 is 32.4. The van der Waals surface area contributed by atoms with Crippen LogP contribution in [-0.4, -0.2) is 31.2 Å². The molecule has 3 aromatic rings. The number of carbonyl (C=O) groups is 1. The second kappa shape index (κ2) is 6.32. The molecule has 2 N–H and O–H groups in total. The second-order valence-electron chi connectivity index (χ2n) is 4.99. The average molecular weight is 345 g/mol. The molecule has 0 aliphatic rings. The van der Waals surface area contributed by atoms with Gasteiger partial charge in [-0.15, -0.1) is 0 Å². The Morgan fingerprint density at radius 2 is 1.96 bits per heavy atom. The van der Waals surface area contributed by atoms with Crippen LogP contribution in [0, 0.1) is 0 Å². The number of esters is 1. The van der Waals surface area contributed by atoms with Crippen molar-refractivity contribution in [3.8, 4) is 0 Å². The molecule has 0 radical (unpaired) electrons. The summed E-state index contributed by atoms with van der Waals surface area (Å²) >= 11 is 0. The highest BCUT2D eigenvalue weighted by atomic mass is 32.2. The van der Waals surface area contributed by atoms with Gasteiger partial charge in [0.2, 0.25) is 0 Å². The molecule has 0 unspecified atom stereocenters. The highest BCUT2D eigenvalue weighted by Gasteiger charge is 2.17. The van der Waals surface area contributed by atoms with Crippen LogP contribution in [0.4, 0.5) is 5.69 Å². The standard InChI is InChI=1S/C16H15N3O4S/c1-2-23-16(20)11-6-8-13(9-7-11)24(21,22)19-14-5-3-4-12-10-17-18-15(12)14/h3-10,19H,2H2,1H3,(H,17,18). The molecule has 1 aromatic heterocycles. The molecule has 0 atom stereocenters. The Labute approximate surface area is 138 Å². The minimum atomic E-state index is -3.79. The van der Waals surface area contributed by atoms with Gasteiger partial charge in [-0.25, -0.2) is 13.2 Å². The first kappa shape index (κ1) is 16.0. The number of hydrogen-bond acceptors (Lipinski definition) is 5. The van der Waals surface area contributed by atoms with Gasteiger partial charge in [-0.05, 0) is 37.3 Å². The van der Waals surface area contributed by atoms with Crippen LogP contribution >= 0.6 is 0 Å². The van der Waals surface area contributed by atoms with Gasteiger partial charge in [0, 0.05) is 5.39 Å². The smallest absolute Gasteiger partial charge is 0.338 e. The van der Waals surface area contributed by atoms with E-state index in [9.17, 15) is 13.2 Å². The number of nitrogens with one attached hydrogen (secondary N) is 2. The molecule has 7 nitrogen and oxygen atoms in total. The van der Waals surface area contributed by atoms with Crippen LogP contribution in [0.25, 0.3) is 10.9 Å². The molecule has 0 aliphatic heterocycles. The van der Waals surface area contributed by atoms with Gasteiger partial charge in [-0.3, -0.25) is 9.82 Å². The summed E-state index contributed by atoms with van der Waals surface area (Å²) in [6.45, 7) is 1.96. The highest BCUT2D eigenvalue weighted by molar-refractivity contribution is 7.92. The Kier molecular flexibility index (Phi) is 4.22. The van der Waals surface area contributed by atoms with E-state index in [0.29, 0.717) is 16.8 Å². The number of carbonyl (C=O) groups excluding carboxylic acids is 1. The third-order valence-electron chi connectivity index (χ3n) is 3.40. The number of rotatable bonds is 5. The SMILES string of the molecule is CCOC(=O)c1ccc(S(=O)(=O)Nc2cccc3cn[nH]c23)cc1. The number of aromatic amines is 1. The maximum atomic E-state index is 12.5. The van der Waals surface area contributed by atoms with Crippen molar-refractivity contribution in [1.29, 1.82) is 0 Å². The number of para-hydroxylation sites is 1.